The molecule has 100 valence electrons. The molecular formula is C15H23FN2. The molecule has 1 heterocycles. The molecule has 0 saturated carbocycles. The van der Waals surface area contributed by atoms with Crippen molar-refractivity contribution in [3.05, 3.63) is 35.1 Å². The molecule has 2 atom stereocenters. The van der Waals surface area contributed by atoms with E-state index in [1.165, 1.54) is 24.8 Å². The zero-order valence-corrected chi connectivity index (χ0v) is 11.5. The number of rotatable bonds is 3. The van der Waals surface area contributed by atoms with Crippen molar-refractivity contribution in [1.82, 2.24) is 10.2 Å². The second-order valence-electron chi connectivity index (χ2n) is 5.47. The zero-order chi connectivity index (χ0) is 13.1. The maximum absolute atomic E-state index is 13.4. The van der Waals surface area contributed by atoms with Crippen LogP contribution >= 0.6 is 0 Å². The fourth-order valence-corrected chi connectivity index (χ4v) is 2.89. The monoisotopic (exact) mass is 250 g/mol. The summed E-state index contributed by atoms with van der Waals surface area (Å²) in [5.41, 5.74) is 1.94. The van der Waals surface area contributed by atoms with Crippen LogP contribution in [0.4, 0.5) is 4.39 Å². The molecule has 2 unspecified atom stereocenters. The SMILES string of the molecule is Cc1cc(C(C2CCCCN2)N(C)C)ccc1F. The van der Waals surface area contributed by atoms with Gasteiger partial charge < -0.3 is 10.2 Å². The van der Waals surface area contributed by atoms with Gasteiger partial charge in [-0.2, -0.15) is 0 Å². The first-order valence-electron chi connectivity index (χ1n) is 6.75. The van der Waals surface area contributed by atoms with E-state index in [1.54, 1.807) is 6.07 Å². The van der Waals surface area contributed by atoms with Crippen LogP contribution in [0.15, 0.2) is 18.2 Å². The molecule has 1 aromatic rings. The highest BCUT2D eigenvalue weighted by atomic mass is 19.1. The fourth-order valence-electron chi connectivity index (χ4n) is 2.89. The lowest BCUT2D eigenvalue weighted by atomic mass is 9.91. The van der Waals surface area contributed by atoms with Crippen LogP contribution in [0.25, 0.3) is 0 Å². The Morgan fingerprint density at radius 3 is 2.67 bits per heavy atom. The number of benzene rings is 1. The lowest BCUT2D eigenvalue weighted by molar-refractivity contribution is 0.205. The average molecular weight is 250 g/mol. The number of nitrogens with one attached hydrogen (secondary N) is 1. The van der Waals surface area contributed by atoms with E-state index in [0.717, 1.165) is 12.1 Å². The van der Waals surface area contributed by atoms with Gasteiger partial charge >= 0.3 is 0 Å². The number of likely N-dealkylation sites (N-methyl/N-ethyl adjacent to an activating group) is 1. The molecule has 0 bridgehead atoms. The molecule has 2 nitrogen and oxygen atoms in total. The predicted molar refractivity (Wildman–Crippen MR) is 73.2 cm³/mol. The van der Waals surface area contributed by atoms with Crippen molar-refractivity contribution in [3.8, 4) is 0 Å². The highest BCUT2D eigenvalue weighted by molar-refractivity contribution is 5.27. The number of halogens is 1. The third-order valence-corrected chi connectivity index (χ3v) is 3.81. The van der Waals surface area contributed by atoms with Gasteiger partial charge in [0.2, 0.25) is 0 Å². The first kappa shape index (κ1) is 13.5. The summed E-state index contributed by atoms with van der Waals surface area (Å²) in [6.07, 6.45) is 3.74. The summed E-state index contributed by atoms with van der Waals surface area (Å²) < 4.78 is 13.4. The summed E-state index contributed by atoms with van der Waals surface area (Å²) >= 11 is 0. The van der Waals surface area contributed by atoms with E-state index in [2.05, 4.69) is 24.3 Å². The topological polar surface area (TPSA) is 15.3 Å². The van der Waals surface area contributed by atoms with Gasteiger partial charge in [0.05, 0.1) is 0 Å². The Morgan fingerprint density at radius 1 is 1.33 bits per heavy atom. The van der Waals surface area contributed by atoms with E-state index in [0.29, 0.717) is 12.1 Å². The van der Waals surface area contributed by atoms with Gasteiger partial charge in [-0.05, 0) is 57.6 Å². The quantitative estimate of drug-likeness (QED) is 0.887. The Hall–Kier alpha value is -0.930. The summed E-state index contributed by atoms with van der Waals surface area (Å²) in [5, 5.41) is 3.60. The van der Waals surface area contributed by atoms with Crippen molar-refractivity contribution < 1.29 is 4.39 Å². The summed E-state index contributed by atoms with van der Waals surface area (Å²) in [6, 6.07) is 6.28. The van der Waals surface area contributed by atoms with Crippen molar-refractivity contribution in [3.63, 3.8) is 0 Å². The maximum atomic E-state index is 13.4. The first-order valence-corrected chi connectivity index (χ1v) is 6.75. The molecule has 0 radical (unpaired) electrons. The highest BCUT2D eigenvalue weighted by Gasteiger charge is 2.26. The molecule has 0 aliphatic carbocycles. The Balaban J connectivity index is 2.25. The van der Waals surface area contributed by atoms with Crippen LogP contribution in [0.1, 0.15) is 36.4 Å². The summed E-state index contributed by atoms with van der Waals surface area (Å²) in [7, 11) is 4.19. The molecule has 2 rings (SSSR count). The number of hydrogen-bond acceptors (Lipinski definition) is 2. The molecule has 1 fully saturated rings. The van der Waals surface area contributed by atoms with Crippen molar-refractivity contribution >= 4 is 0 Å². The van der Waals surface area contributed by atoms with E-state index in [-0.39, 0.29) is 5.82 Å². The number of aryl methyl sites for hydroxylation is 1. The van der Waals surface area contributed by atoms with Crippen LogP contribution in [0.3, 0.4) is 0 Å². The van der Waals surface area contributed by atoms with E-state index >= 15 is 0 Å². The normalized spacial score (nSPS) is 22.2. The molecule has 18 heavy (non-hydrogen) atoms. The molecule has 1 N–H and O–H groups in total. The van der Waals surface area contributed by atoms with Crippen LogP contribution in [0.2, 0.25) is 0 Å². The van der Waals surface area contributed by atoms with Gasteiger partial charge in [-0.15, -0.1) is 0 Å². The molecule has 1 saturated heterocycles. The largest absolute Gasteiger partial charge is 0.312 e. The van der Waals surface area contributed by atoms with Gasteiger partial charge in [-0.3, -0.25) is 0 Å². The van der Waals surface area contributed by atoms with E-state index in [9.17, 15) is 4.39 Å². The Labute approximate surface area is 109 Å². The minimum Gasteiger partial charge on any atom is -0.312 e. The first-order chi connectivity index (χ1) is 8.59. The molecule has 1 aromatic carbocycles. The smallest absolute Gasteiger partial charge is 0.126 e. The van der Waals surface area contributed by atoms with Crippen LogP contribution < -0.4 is 5.32 Å². The third-order valence-electron chi connectivity index (χ3n) is 3.81. The van der Waals surface area contributed by atoms with Crippen LogP contribution in [0.5, 0.6) is 0 Å². The van der Waals surface area contributed by atoms with Crippen LogP contribution in [0, 0.1) is 12.7 Å². The summed E-state index contributed by atoms with van der Waals surface area (Å²) in [5.74, 6) is -0.118. The van der Waals surface area contributed by atoms with E-state index < -0.39 is 0 Å². The minimum atomic E-state index is -0.118. The van der Waals surface area contributed by atoms with Crippen molar-refractivity contribution in [1.29, 1.82) is 0 Å². The Bertz CT molecular complexity index is 397. The average Bonchev–Trinajstić information content (AvgIpc) is 2.35. The predicted octanol–water partition coefficient (Wildman–Crippen LogP) is 2.88. The molecule has 0 aromatic heterocycles. The van der Waals surface area contributed by atoms with Gasteiger partial charge in [0, 0.05) is 12.1 Å². The molecule has 3 heteroatoms. The Morgan fingerprint density at radius 2 is 2.11 bits per heavy atom. The fraction of sp³-hybridized carbons (Fsp3) is 0.600. The van der Waals surface area contributed by atoms with E-state index in [1.807, 2.05) is 19.1 Å². The zero-order valence-electron chi connectivity index (χ0n) is 11.5. The summed E-state index contributed by atoms with van der Waals surface area (Å²) in [6.45, 7) is 2.93. The van der Waals surface area contributed by atoms with Gasteiger partial charge in [0.15, 0.2) is 0 Å². The number of nitrogens with zero attached hydrogens (tertiary/aromatic N) is 1. The van der Waals surface area contributed by atoms with Gasteiger partial charge in [-0.1, -0.05) is 18.6 Å². The second kappa shape index (κ2) is 5.81. The van der Waals surface area contributed by atoms with Crippen LogP contribution in [-0.2, 0) is 0 Å². The molecule has 1 aliphatic rings. The lowest BCUT2D eigenvalue weighted by Gasteiger charge is -2.36. The lowest BCUT2D eigenvalue weighted by Crippen LogP contribution is -2.44. The molecule has 0 spiro atoms. The number of hydrogen-bond donors (Lipinski definition) is 1. The van der Waals surface area contributed by atoms with E-state index in [4.69, 9.17) is 0 Å². The minimum absolute atomic E-state index is 0.118. The molecule has 0 amide bonds. The third kappa shape index (κ3) is 2.90. The number of piperidine rings is 1. The second-order valence-corrected chi connectivity index (χ2v) is 5.47. The van der Waals surface area contributed by atoms with Gasteiger partial charge in [-0.25, -0.2) is 4.39 Å². The maximum Gasteiger partial charge on any atom is 0.126 e. The van der Waals surface area contributed by atoms with Crippen molar-refractivity contribution in [2.24, 2.45) is 0 Å². The van der Waals surface area contributed by atoms with Crippen molar-refractivity contribution in [2.45, 2.75) is 38.3 Å². The molecule has 1 aliphatic heterocycles. The van der Waals surface area contributed by atoms with Crippen molar-refractivity contribution in [2.75, 3.05) is 20.6 Å². The Kier molecular flexibility index (Phi) is 4.36. The summed E-state index contributed by atoms with van der Waals surface area (Å²) in [4.78, 5) is 2.23. The van der Waals surface area contributed by atoms with Crippen LogP contribution in [-0.4, -0.2) is 31.6 Å². The molecular weight excluding hydrogens is 227 g/mol. The van der Waals surface area contributed by atoms with Gasteiger partial charge in [0.1, 0.15) is 5.82 Å². The standard InChI is InChI=1S/C15H23FN2/c1-11-10-12(7-8-13(11)16)15(18(2)3)14-6-4-5-9-17-14/h7-8,10,14-15,17H,4-6,9H2,1-3H3. The van der Waals surface area contributed by atoms with Gasteiger partial charge in [0.25, 0.3) is 0 Å². The highest BCUT2D eigenvalue weighted by Crippen LogP contribution is 2.28.